The normalized spacial score (nSPS) is 10.6. The van der Waals surface area contributed by atoms with Gasteiger partial charge in [0.1, 0.15) is 0 Å². The minimum Gasteiger partial charge on any atom is -0.346 e. The lowest BCUT2D eigenvalue weighted by atomic mass is 10.1. The third kappa shape index (κ3) is 3.38. The van der Waals surface area contributed by atoms with Crippen LogP contribution in [0.5, 0.6) is 0 Å². The lowest BCUT2D eigenvalue weighted by molar-refractivity contribution is 0.0950. The lowest BCUT2D eigenvalue weighted by Gasteiger charge is -2.09. The number of amides is 1. The molecule has 0 bridgehead atoms. The van der Waals surface area contributed by atoms with Crippen LogP contribution in [0.3, 0.4) is 0 Å². The minimum absolute atomic E-state index is 0.166. The molecule has 0 radical (unpaired) electrons. The fourth-order valence-corrected chi connectivity index (χ4v) is 3.25. The average Bonchev–Trinajstić information content (AvgIpc) is 3.40. The number of benzene rings is 1. The number of aromatic nitrogens is 4. The van der Waals surface area contributed by atoms with Gasteiger partial charge in [-0.1, -0.05) is 6.07 Å². The summed E-state index contributed by atoms with van der Waals surface area (Å²) >= 11 is 1.60. The number of hydrogen-bond donors (Lipinski definition) is 1. The van der Waals surface area contributed by atoms with Crippen LogP contribution in [0.2, 0.25) is 0 Å². The molecule has 1 aromatic carbocycles. The van der Waals surface area contributed by atoms with E-state index in [2.05, 4.69) is 20.4 Å². The first-order valence-corrected chi connectivity index (χ1v) is 8.96. The standard InChI is InChI=1S/C19H15N5OS/c25-19(14-3-1-4-16(11-14)24-9-2-6-23-24)22-12-17-18(21-8-7-20-17)15-5-10-26-13-15/h1-11,13H,12H2,(H,22,25). The number of carbonyl (C=O) groups is 1. The summed E-state index contributed by atoms with van der Waals surface area (Å²) in [6.45, 7) is 0.309. The third-order valence-electron chi connectivity index (χ3n) is 3.86. The molecule has 3 aromatic heterocycles. The molecule has 0 saturated heterocycles. The molecule has 0 atom stereocenters. The first-order valence-electron chi connectivity index (χ1n) is 8.02. The SMILES string of the molecule is O=C(NCc1nccnc1-c1ccsc1)c1cccc(-n2cccn2)c1. The first-order chi connectivity index (χ1) is 12.8. The van der Waals surface area contributed by atoms with Crippen molar-refractivity contribution in [3.8, 4) is 16.9 Å². The predicted octanol–water partition coefficient (Wildman–Crippen LogP) is 3.32. The Bertz CT molecular complexity index is 1010. The van der Waals surface area contributed by atoms with Gasteiger partial charge in [0, 0.05) is 41.3 Å². The van der Waals surface area contributed by atoms with E-state index in [-0.39, 0.29) is 5.91 Å². The van der Waals surface area contributed by atoms with E-state index in [4.69, 9.17) is 0 Å². The maximum atomic E-state index is 12.6. The Morgan fingerprint density at radius 2 is 2.04 bits per heavy atom. The van der Waals surface area contributed by atoms with Crippen LogP contribution in [-0.4, -0.2) is 25.7 Å². The van der Waals surface area contributed by atoms with Crippen LogP contribution in [0.4, 0.5) is 0 Å². The summed E-state index contributed by atoms with van der Waals surface area (Å²) in [5, 5.41) is 11.1. The molecular formula is C19H15N5OS. The van der Waals surface area contributed by atoms with E-state index in [0.717, 1.165) is 22.6 Å². The molecule has 0 unspecified atom stereocenters. The highest BCUT2D eigenvalue weighted by atomic mass is 32.1. The van der Waals surface area contributed by atoms with E-state index in [1.165, 1.54) is 0 Å². The molecule has 0 aliphatic rings. The fraction of sp³-hybridized carbons (Fsp3) is 0.0526. The first kappa shape index (κ1) is 16.2. The van der Waals surface area contributed by atoms with Gasteiger partial charge < -0.3 is 5.32 Å². The van der Waals surface area contributed by atoms with Crippen molar-refractivity contribution >= 4 is 17.2 Å². The molecule has 3 heterocycles. The molecule has 6 nitrogen and oxygen atoms in total. The van der Waals surface area contributed by atoms with Gasteiger partial charge in [-0.2, -0.15) is 16.4 Å². The smallest absolute Gasteiger partial charge is 0.251 e. The number of thiophene rings is 1. The summed E-state index contributed by atoms with van der Waals surface area (Å²) in [5.41, 5.74) is 3.94. The van der Waals surface area contributed by atoms with Gasteiger partial charge in [-0.3, -0.25) is 14.8 Å². The van der Waals surface area contributed by atoms with E-state index >= 15 is 0 Å². The van der Waals surface area contributed by atoms with E-state index in [1.54, 1.807) is 46.7 Å². The zero-order valence-corrected chi connectivity index (χ0v) is 14.6. The molecular weight excluding hydrogens is 346 g/mol. The van der Waals surface area contributed by atoms with Crippen molar-refractivity contribution in [1.82, 2.24) is 25.1 Å². The summed E-state index contributed by atoms with van der Waals surface area (Å²) in [7, 11) is 0. The highest BCUT2D eigenvalue weighted by Crippen LogP contribution is 2.22. The second-order valence-corrected chi connectivity index (χ2v) is 6.33. The lowest BCUT2D eigenvalue weighted by Crippen LogP contribution is -2.24. The Morgan fingerprint density at radius 1 is 1.12 bits per heavy atom. The summed E-state index contributed by atoms with van der Waals surface area (Å²) < 4.78 is 1.72. The van der Waals surface area contributed by atoms with E-state index in [9.17, 15) is 4.79 Å². The molecule has 0 fully saturated rings. The molecule has 128 valence electrons. The van der Waals surface area contributed by atoms with Gasteiger partial charge in [0.25, 0.3) is 5.91 Å². The van der Waals surface area contributed by atoms with Crippen molar-refractivity contribution in [2.24, 2.45) is 0 Å². The van der Waals surface area contributed by atoms with Gasteiger partial charge in [-0.05, 0) is 35.7 Å². The van der Waals surface area contributed by atoms with Crippen LogP contribution in [-0.2, 0) is 6.54 Å². The van der Waals surface area contributed by atoms with Crippen LogP contribution in [0.25, 0.3) is 16.9 Å². The Morgan fingerprint density at radius 3 is 2.85 bits per heavy atom. The van der Waals surface area contributed by atoms with E-state index in [1.807, 2.05) is 41.2 Å². The van der Waals surface area contributed by atoms with Gasteiger partial charge >= 0.3 is 0 Å². The molecule has 4 rings (SSSR count). The summed E-state index contributed by atoms with van der Waals surface area (Å²) in [5.74, 6) is -0.166. The molecule has 0 spiro atoms. The zero-order chi connectivity index (χ0) is 17.8. The van der Waals surface area contributed by atoms with Crippen molar-refractivity contribution in [1.29, 1.82) is 0 Å². The van der Waals surface area contributed by atoms with Crippen LogP contribution < -0.4 is 5.32 Å². The van der Waals surface area contributed by atoms with Gasteiger partial charge in [-0.15, -0.1) is 0 Å². The van der Waals surface area contributed by atoms with Crippen molar-refractivity contribution in [2.45, 2.75) is 6.54 Å². The Hall–Kier alpha value is -3.32. The molecule has 7 heteroatoms. The zero-order valence-electron chi connectivity index (χ0n) is 13.7. The molecule has 4 aromatic rings. The predicted molar refractivity (Wildman–Crippen MR) is 100 cm³/mol. The fourth-order valence-electron chi connectivity index (χ4n) is 2.61. The third-order valence-corrected chi connectivity index (χ3v) is 4.55. The topological polar surface area (TPSA) is 72.7 Å². The van der Waals surface area contributed by atoms with Crippen LogP contribution in [0.1, 0.15) is 16.1 Å². The molecule has 0 saturated carbocycles. The second-order valence-electron chi connectivity index (χ2n) is 5.55. The number of nitrogens with zero attached hydrogens (tertiary/aromatic N) is 4. The summed E-state index contributed by atoms with van der Waals surface area (Å²) in [4.78, 5) is 21.3. The van der Waals surface area contributed by atoms with Crippen LogP contribution in [0.15, 0.2) is 71.9 Å². The van der Waals surface area contributed by atoms with Crippen LogP contribution in [0, 0.1) is 0 Å². The van der Waals surface area contributed by atoms with E-state index in [0.29, 0.717) is 12.1 Å². The number of rotatable bonds is 5. The molecule has 0 aliphatic carbocycles. The van der Waals surface area contributed by atoms with Crippen molar-refractivity contribution in [3.05, 3.63) is 83.2 Å². The second kappa shape index (κ2) is 7.28. The maximum Gasteiger partial charge on any atom is 0.251 e. The van der Waals surface area contributed by atoms with Gasteiger partial charge in [-0.25, -0.2) is 4.68 Å². The van der Waals surface area contributed by atoms with Crippen molar-refractivity contribution < 1.29 is 4.79 Å². The average molecular weight is 361 g/mol. The van der Waals surface area contributed by atoms with Gasteiger partial charge in [0.05, 0.1) is 23.6 Å². The maximum absolute atomic E-state index is 12.6. The highest BCUT2D eigenvalue weighted by Gasteiger charge is 2.11. The summed E-state index contributed by atoms with van der Waals surface area (Å²) in [6.07, 6.45) is 6.83. The molecule has 1 amide bonds. The van der Waals surface area contributed by atoms with Gasteiger partial charge in [0.15, 0.2) is 0 Å². The molecule has 1 N–H and O–H groups in total. The molecule has 0 aliphatic heterocycles. The van der Waals surface area contributed by atoms with Crippen LogP contribution >= 0.6 is 11.3 Å². The number of hydrogen-bond acceptors (Lipinski definition) is 5. The van der Waals surface area contributed by atoms with Crippen molar-refractivity contribution in [3.63, 3.8) is 0 Å². The molecule has 26 heavy (non-hydrogen) atoms. The highest BCUT2D eigenvalue weighted by molar-refractivity contribution is 7.08. The summed E-state index contributed by atoms with van der Waals surface area (Å²) in [6, 6.07) is 11.2. The number of nitrogens with one attached hydrogen (secondary N) is 1. The largest absolute Gasteiger partial charge is 0.346 e. The Labute approximate surface area is 154 Å². The minimum atomic E-state index is -0.166. The Kier molecular flexibility index (Phi) is 4.53. The monoisotopic (exact) mass is 361 g/mol. The van der Waals surface area contributed by atoms with Crippen molar-refractivity contribution in [2.75, 3.05) is 0 Å². The van der Waals surface area contributed by atoms with E-state index < -0.39 is 0 Å². The van der Waals surface area contributed by atoms with Gasteiger partial charge in [0.2, 0.25) is 0 Å². The number of carbonyl (C=O) groups excluding carboxylic acids is 1. The quantitative estimate of drug-likeness (QED) is 0.592. The Balaban J connectivity index is 1.51.